The summed E-state index contributed by atoms with van der Waals surface area (Å²) in [5.74, 6) is 1.30. The molecule has 2 aromatic heterocycles. The molecule has 1 N–H and O–H groups in total. The van der Waals surface area contributed by atoms with Gasteiger partial charge in [0.25, 0.3) is 5.56 Å². The van der Waals surface area contributed by atoms with Gasteiger partial charge in [-0.15, -0.1) is 0 Å². The van der Waals surface area contributed by atoms with Crippen LogP contribution in [0.1, 0.15) is 18.2 Å². The molecule has 0 saturated heterocycles. The van der Waals surface area contributed by atoms with Crippen molar-refractivity contribution in [1.82, 2.24) is 14.8 Å². The molecular formula is C24H22N4O2. The van der Waals surface area contributed by atoms with E-state index in [1.54, 1.807) is 7.11 Å². The zero-order chi connectivity index (χ0) is 21.1. The first kappa shape index (κ1) is 19.4. The lowest BCUT2D eigenvalue weighted by Crippen LogP contribution is -2.19. The Bertz CT molecular complexity index is 1250. The van der Waals surface area contributed by atoms with Crippen LogP contribution in [0.5, 0.6) is 5.75 Å². The Labute approximate surface area is 174 Å². The fourth-order valence-electron chi connectivity index (χ4n) is 3.32. The van der Waals surface area contributed by atoms with E-state index in [0.29, 0.717) is 28.5 Å². The largest absolute Gasteiger partial charge is 0.497 e. The maximum Gasteiger partial charge on any atom is 0.280 e. The summed E-state index contributed by atoms with van der Waals surface area (Å²) in [4.78, 5) is 22.5. The van der Waals surface area contributed by atoms with Crippen molar-refractivity contribution in [3.63, 3.8) is 0 Å². The van der Waals surface area contributed by atoms with Crippen LogP contribution in [0, 0.1) is 6.92 Å². The van der Waals surface area contributed by atoms with Gasteiger partial charge in [-0.1, -0.05) is 36.4 Å². The van der Waals surface area contributed by atoms with Gasteiger partial charge in [0.2, 0.25) is 0 Å². The van der Waals surface area contributed by atoms with Crippen molar-refractivity contribution in [2.75, 3.05) is 7.11 Å². The molecule has 0 fully saturated rings. The van der Waals surface area contributed by atoms with Crippen LogP contribution in [0.15, 0.2) is 82.6 Å². The number of hydrogen-bond donors (Lipinski definition) is 1. The summed E-state index contributed by atoms with van der Waals surface area (Å²) < 4.78 is 6.75. The van der Waals surface area contributed by atoms with Gasteiger partial charge in [-0.25, -0.2) is 14.7 Å². The molecule has 0 aliphatic heterocycles. The van der Waals surface area contributed by atoms with Crippen molar-refractivity contribution in [3.05, 3.63) is 94.4 Å². The van der Waals surface area contributed by atoms with E-state index in [1.165, 1.54) is 4.68 Å². The lowest BCUT2D eigenvalue weighted by Gasteiger charge is -2.04. The van der Waals surface area contributed by atoms with E-state index in [4.69, 9.17) is 4.74 Å². The molecule has 2 heterocycles. The lowest BCUT2D eigenvalue weighted by molar-refractivity contribution is 0.414. The highest BCUT2D eigenvalue weighted by Gasteiger charge is 2.19. The predicted molar refractivity (Wildman–Crippen MR) is 119 cm³/mol. The van der Waals surface area contributed by atoms with Gasteiger partial charge >= 0.3 is 0 Å². The number of aromatic nitrogens is 3. The van der Waals surface area contributed by atoms with Gasteiger partial charge in [0.15, 0.2) is 5.82 Å². The maximum atomic E-state index is 13.4. The van der Waals surface area contributed by atoms with E-state index in [9.17, 15) is 4.79 Å². The first-order chi connectivity index (χ1) is 14.6. The Morgan fingerprint density at radius 2 is 1.73 bits per heavy atom. The summed E-state index contributed by atoms with van der Waals surface area (Å²) in [6.07, 6.45) is 0. The van der Waals surface area contributed by atoms with Crippen molar-refractivity contribution in [1.29, 1.82) is 0 Å². The summed E-state index contributed by atoms with van der Waals surface area (Å²) in [6.45, 7) is 3.75. The maximum absolute atomic E-state index is 13.4. The zero-order valence-corrected chi connectivity index (χ0v) is 17.1. The number of hydrogen-bond acceptors (Lipinski definition) is 4. The number of aromatic amines is 1. The van der Waals surface area contributed by atoms with E-state index in [1.807, 2.05) is 86.6 Å². The highest BCUT2D eigenvalue weighted by atomic mass is 16.5. The van der Waals surface area contributed by atoms with Crippen molar-refractivity contribution in [3.8, 4) is 22.7 Å². The highest BCUT2D eigenvalue weighted by molar-refractivity contribution is 6.04. The topological polar surface area (TPSA) is 72.3 Å². The molecule has 0 bridgehead atoms. The van der Waals surface area contributed by atoms with Crippen LogP contribution in [0.2, 0.25) is 0 Å². The average Bonchev–Trinajstić information content (AvgIpc) is 3.11. The van der Waals surface area contributed by atoms with Crippen molar-refractivity contribution in [2.45, 2.75) is 13.8 Å². The van der Waals surface area contributed by atoms with Crippen LogP contribution < -0.4 is 10.3 Å². The molecule has 0 spiro atoms. The molecule has 6 heteroatoms. The third-order valence-corrected chi connectivity index (χ3v) is 4.80. The molecule has 4 aromatic rings. The van der Waals surface area contributed by atoms with Gasteiger partial charge in [0.05, 0.1) is 29.8 Å². The quantitative estimate of drug-likeness (QED) is 0.496. The number of nitrogens with zero attached hydrogens (tertiary/aromatic N) is 3. The fraction of sp³-hybridized carbons (Fsp3) is 0.125. The van der Waals surface area contributed by atoms with E-state index in [-0.39, 0.29) is 5.56 Å². The molecule has 0 radical (unpaired) electrons. The first-order valence-electron chi connectivity index (χ1n) is 9.61. The third kappa shape index (κ3) is 3.80. The molecule has 0 aliphatic rings. The number of nitrogens with one attached hydrogen (secondary N) is 1. The summed E-state index contributed by atoms with van der Waals surface area (Å²) >= 11 is 0. The van der Waals surface area contributed by atoms with Gasteiger partial charge < -0.3 is 4.74 Å². The Morgan fingerprint density at radius 3 is 2.40 bits per heavy atom. The minimum Gasteiger partial charge on any atom is -0.497 e. The number of pyridine rings is 1. The van der Waals surface area contributed by atoms with Gasteiger partial charge in [-0.2, -0.15) is 0 Å². The van der Waals surface area contributed by atoms with E-state index < -0.39 is 0 Å². The Hall–Kier alpha value is -3.93. The number of aryl methyl sites for hydroxylation is 1. The minimum absolute atomic E-state index is 0.173. The number of benzene rings is 2. The van der Waals surface area contributed by atoms with Crippen LogP contribution in [-0.2, 0) is 0 Å². The van der Waals surface area contributed by atoms with Crippen LogP contribution in [-0.4, -0.2) is 27.6 Å². The summed E-state index contributed by atoms with van der Waals surface area (Å²) in [5.41, 5.74) is 4.14. The minimum atomic E-state index is -0.173. The van der Waals surface area contributed by atoms with Crippen LogP contribution in [0.4, 0.5) is 5.82 Å². The zero-order valence-electron chi connectivity index (χ0n) is 17.1. The molecule has 0 amide bonds. The van der Waals surface area contributed by atoms with Crippen LogP contribution in [0.25, 0.3) is 16.9 Å². The second-order valence-corrected chi connectivity index (χ2v) is 6.90. The molecule has 30 heavy (non-hydrogen) atoms. The summed E-state index contributed by atoms with van der Waals surface area (Å²) in [5, 5.41) is 3.26. The number of ether oxygens (including phenoxy) is 1. The predicted octanol–water partition coefficient (Wildman–Crippen LogP) is 4.69. The second-order valence-electron chi connectivity index (χ2n) is 6.90. The highest BCUT2D eigenvalue weighted by Crippen LogP contribution is 2.23. The third-order valence-electron chi connectivity index (χ3n) is 4.80. The standard InChI is InChI=1S/C24H22N4O2/c1-16-8-7-11-21(25-16)26-17(2)22-23(18-9-5-4-6-10-18)27-28(24(22)29)19-12-14-20(30-3)15-13-19/h4-15,27H,1-3H3/b26-17+. The Kier molecular flexibility index (Phi) is 5.30. The molecular weight excluding hydrogens is 376 g/mol. The number of methoxy groups -OCH3 is 1. The van der Waals surface area contributed by atoms with Crippen molar-refractivity contribution >= 4 is 11.5 Å². The summed E-state index contributed by atoms with van der Waals surface area (Å²) in [6, 6.07) is 22.7. The molecule has 0 saturated carbocycles. The van der Waals surface area contributed by atoms with E-state index in [2.05, 4.69) is 15.1 Å². The van der Waals surface area contributed by atoms with Crippen molar-refractivity contribution in [2.24, 2.45) is 4.99 Å². The molecule has 150 valence electrons. The average molecular weight is 398 g/mol. The smallest absolute Gasteiger partial charge is 0.280 e. The molecule has 0 atom stereocenters. The van der Waals surface area contributed by atoms with Crippen molar-refractivity contribution < 1.29 is 4.74 Å². The monoisotopic (exact) mass is 398 g/mol. The van der Waals surface area contributed by atoms with Gasteiger partial charge in [-0.05, 0) is 50.2 Å². The first-order valence-corrected chi connectivity index (χ1v) is 9.61. The van der Waals surface area contributed by atoms with E-state index >= 15 is 0 Å². The molecule has 0 unspecified atom stereocenters. The molecule has 0 aliphatic carbocycles. The number of rotatable bonds is 5. The fourth-order valence-corrected chi connectivity index (χ4v) is 3.32. The number of H-pyrrole nitrogens is 1. The van der Waals surface area contributed by atoms with Gasteiger partial charge in [0, 0.05) is 11.3 Å². The second kappa shape index (κ2) is 8.21. The Morgan fingerprint density at radius 1 is 1.00 bits per heavy atom. The molecule has 6 nitrogen and oxygen atoms in total. The van der Waals surface area contributed by atoms with E-state index in [0.717, 1.165) is 17.0 Å². The molecule has 4 rings (SSSR count). The van der Waals surface area contributed by atoms with Crippen LogP contribution >= 0.6 is 0 Å². The SMILES string of the molecule is COc1ccc(-n2[nH]c(-c3ccccc3)c(/C(C)=N/c3cccc(C)n3)c2=O)cc1. The van der Waals surface area contributed by atoms with Gasteiger partial charge in [-0.3, -0.25) is 9.89 Å². The number of aliphatic imine (C=N–C) groups is 1. The van der Waals surface area contributed by atoms with Crippen LogP contribution in [0.3, 0.4) is 0 Å². The van der Waals surface area contributed by atoms with Gasteiger partial charge in [0.1, 0.15) is 5.75 Å². The normalized spacial score (nSPS) is 11.5. The lowest BCUT2D eigenvalue weighted by atomic mass is 10.1. The molecule has 2 aromatic carbocycles. The summed E-state index contributed by atoms with van der Waals surface area (Å²) in [7, 11) is 1.61. The Balaban J connectivity index is 1.89.